The number of carbonyl (C=O) groups is 3. The number of phenols is 1. The van der Waals surface area contributed by atoms with Crippen LogP contribution in [-0.2, 0) is 9.16 Å². The molecule has 204 valence electrons. The van der Waals surface area contributed by atoms with Crippen molar-refractivity contribution in [3.8, 4) is 11.5 Å². The Kier molecular flexibility index (Phi) is 7.19. The molecule has 11 heteroatoms. The van der Waals surface area contributed by atoms with E-state index in [-0.39, 0.29) is 40.8 Å². The molecule has 4 rings (SSSR count). The summed E-state index contributed by atoms with van der Waals surface area (Å²) in [6.45, 7) is 10.2. The molecule has 3 atom stereocenters. The van der Waals surface area contributed by atoms with Crippen molar-refractivity contribution in [3.05, 3.63) is 53.6 Å². The van der Waals surface area contributed by atoms with Crippen molar-refractivity contribution in [2.45, 2.75) is 63.7 Å². The Bertz CT molecular complexity index is 1240. The van der Waals surface area contributed by atoms with E-state index in [4.69, 9.17) is 13.9 Å². The van der Waals surface area contributed by atoms with E-state index in [9.17, 15) is 24.6 Å². The number of carbonyl (C=O) groups excluding carboxylic acids is 2. The Labute approximate surface area is 222 Å². The zero-order valence-electron chi connectivity index (χ0n) is 22.4. The van der Waals surface area contributed by atoms with Crippen molar-refractivity contribution < 1.29 is 38.5 Å². The minimum absolute atomic E-state index is 0.0109. The molecule has 0 spiro atoms. The number of hydrogen-bond donors (Lipinski definition) is 2. The van der Waals surface area contributed by atoms with Gasteiger partial charge >= 0.3 is 12.1 Å². The molecule has 2 aliphatic heterocycles. The molecule has 2 heterocycles. The smallest absolute Gasteiger partial charge is 0.414 e. The standard InChI is InChI=1S/C27H34N2O8Si/c1-27(2,3)38(5,6)37-24-20-12-17(36-25(32)16-10-8-7-9-11-16)15-28(20)23(31)18-13-22(35-4)21(30)14-19(18)29(24)26(33)34/h7-11,13-14,17,20,24,30H,12,15H2,1-6H3,(H,33,34)/t17-,20-,24-/m0/s1. The number of esters is 1. The molecule has 1 saturated heterocycles. The second-order valence-corrected chi connectivity index (χ2v) is 15.9. The first kappa shape index (κ1) is 27.5. The van der Waals surface area contributed by atoms with E-state index in [0.29, 0.717) is 5.56 Å². The molecule has 0 radical (unpaired) electrons. The molecule has 1 fully saturated rings. The predicted octanol–water partition coefficient (Wildman–Crippen LogP) is 4.69. The van der Waals surface area contributed by atoms with Crippen LogP contribution in [0.25, 0.3) is 0 Å². The van der Waals surface area contributed by atoms with Gasteiger partial charge < -0.3 is 29.0 Å². The van der Waals surface area contributed by atoms with Gasteiger partial charge in [0.1, 0.15) is 6.10 Å². The molecule has 2 N–H and O–H groups in total. The minimum Gasteiger partial charge on any atom is -0.504 e. The number of benzene rings is 2. The fourth-order valence-corrected chi connectivity index (χ4v) is 5.81. The average Bonchev–Trinajstić information content (AvgIpc) is 3.23. The van der Waals surface area contributed by atoms with Crippen LogP contribution in [-0.4, -0.2) is 73.4 Å². The van der Waals surface area contributed by atoms with Crippen LogP contribution in [0.2, 0.25) is 18.1 Å². The van der Waals surface area contributed by atoms with Crippen molar-refractivity contribution in [1.29, 1.82) is 0 Å². The summed E-state index contributed by atoms with van der Waals surface area (Å²) in [6, 6.07) is 10.4. The van der Waals surface area contributed by atoms with Crippen molar-refractivity contribution in [2.24, 2.45) is 0 Å². The number of rotatable bonds is 5. The highest BCUT2D eigenvalue weighted by Crippen LogP contribution is 2.44. The van der Waals surface area contributed by atoms with Gasteiger partial charge in [-0.3, -0.25) is 4.79 Å². The molecule has 0 bridgehead atoms. The maximum absolute atomic E-state index is 13.9. The molecule has 2 aromatic carbocycles. The van der Waals surface area contributed by atoms with Gasteiger partial charge in [0, 0.05) is 12.5 Å². The highest BCUT2D eigenvalue weighted by atomic mass is 28.4. The number of ether oxygens (including phenoxy) is 2. The Hall–Kier alpha value is -3.57. The van der Waals surface area contributed by atoms with Gasteiger partial charge in [0.2, 0.25) is 0 Å². The van der Waals surface area contributed by atoms with Gasteiger partial charge in [-0.2, -0.15) is 0 Å². The van der Waals surface area contributed by atoms with Gasteiger partial charge in [0.25, 0.3) is 5.91 Å². The van der Waals surface area contributed by atoms with Gasteiger partial charge in [-0.25, -0.2) is 14.5 Å². The van der Waals surface area contributed by atoms with Crippen molar-refractivity contribution >= 4 is 32.0 Å². The first-order chi connectivity index (χ1) is 17.7. The first-order valence-electron chi connectivity index (χ1n) is 12.4. The summed E-state index contributed by atoms with van der Waals surface area (Å²) in [5.41, 5.74) is 0.438. The third-order valence-electron chi connectivity index (χ3n) is 7.65. The van der Waals surface area contributed by atoms with Crippen LogP contribution in [0.15, 0.2) is 42.5 Å². The van der Waals surface area contributed by atoms with Gasteiger partial charge in [0.15, 0.2) is 26.0 Å². The highest BCUT2D eigenvalue weighted by molar-refractivity contribution is 6.74. The third-order valence-corrected chi connectivity index (χ3v) is 12.1. The van der Waals surface area contributed by atoms with Gasteiger partial charge in [-0.1, -0.05) is 39.0 Å². The molecule has 2 aromatic rings. The number of phenolic OH excluding ortho intramolecular Hbond substituents is 1. The Morgan fingerprint density at radius 1 is 1.11 bits per heavy atom. The lowest BCUT2D eigenvalue weighted by Crippen LogP contribution is -2.57. The molecule has 0 aromatic heterocycles. The van der Waals surface area contributed by atoms with Crippen LogP contribution in [0, 0.1) is 0 Å². The third kappa shape index (κ3) is 4.95. The topological polar surface area (TPSA) is 126 Å². The number of methoxy groups -OCH3 is 1. The SMILES string of the molecule is COc1cc2c(cc1O)N(C(=O)O)[C@@H](O[Si](C)(C)C(C)(C)C)[C@@H]1C[C@H](OC(=O)c3ccccc3)CN1C2=O. The lowest BCUT2D eigenvalue weighted by Gasteiger charge is -2.44. The molecule has 0 unspecified atom stereocenters. The van der Waals surface area contributed by atoms with Gasteiger partial charge in [0.05, 0.1) is 36.5 Å². The van der Waals surface area contributed by atoms with E-state index >= 15 is 0 Å². The molecule has 0 saturated carbocycles. The number of anilines is 1. The van der Waals surface area contributed by atoms with Crippen LogP contribution in [0.5, 0.6) is 11.5 Å². The van der Waals surface area contributed by atoms with E-state index in [2.05, 4.69) is 0 Å². The van der Waals surface area contributed by atoms with E-state index < -0.39 is 44.7 Å². The first-order valence-corrected chi connectivity index (χ1v) is 15.3. The van der Waals surface area contributed by atoms with Crippen LogP contribution in [0.4, 0.5) is 10.5 Å². The normalized spacial score (nSPS) is 21.4. The summed E-state index contributed by atoms with van der Waals surface area (Å²) in [5, 5.41) is 20.6. The quantitative estimate of drug-likeness (QED) is 0.412. The zero-order chi connectivity index (χ0) is 28.0. The summed E-state index contributed by atoms with van der Waals surface area (Å²) in [7, 11) is -1.24. The van der Waals surface area contributed by atoms with Gasteiger partial charge in [-0.05, 0) is 36.3 Å². The van der Waals surface area contributed by atoms with Crippen molar-refractivity contribution in [3.63, 3.8) is 0 Å². The Morgan fingerprint density at radius 3 is 2.34 bits per heavy atom. The molecule has 0 aliphatic carbocycles. The number of nitrogens with zero attached hydrogens (tertiary/aromatic N) is 2. The maximum atomic E-state index is 13.9. The summed E-state index contributed by atoms with van der Waals surface area (Å²) in [4.78, 5) is 41.9. The number of amides is 2. The average molecular weight is 543 g/mol. The predicted molar refractivity (Wildman–Crippen MR) is 142 cm³/mol. The van der Waals surface area contributed by atoms with Crippen LogP contribution < -0.4 is 9.64 Å². The second kappa shape index (κ2) is 9.95. The fourth-order valence-electron chi connectivity index (χ4n) is 4.59. The zero-order valence-corrected chi connectivity index (χ0v) is 23.4. The molecule has 38 heavy (non-hydrogen) atoms. The van der Waals surface area contributed by atoms with Crippen LogP contribution in [0.3, 0.4) is 0 Å². The number of hydrogen-bond acceptors (Lipinski definition) is 7. The lowest BCUT2D eigenvalue weighted by molar-refractivity contribution is 0.0314. The number of aromatic hydroxyl groups is 1. The van der Waals surface area contributed by atoms with Crippen molar-refractivity contribution in [1.82, 2.24) is 4.90 Å². The van der Waals surface area contributed by atoms with E-state index in [1.807, 2.05) is 33.9 Å². The fraction of sp³-hybridized carbons (Fsp3) is 0.444. The van der Waals surface area contributed by atoms with E-state index in [1.54, 1.807) is 30.3 Å². The largest absolute Gasteiger partial charge is 0.504 e. The summed E-state index contributed by atoms with van der Waals surface area (Å²) >= 11 is 0. The van der Waals surface area contributed by atoms with Crippen LogP contribution >= 0.6 is 0 Å². The molecule has 2 aliphatic rings. The summed E-state index contributed by atoms with van der Waals surface area (Å²) in [5.74, 6) is -1.25. The second-order valence-electron chi connectivity index (χ2n) is 11.1. The molecular formula is C27H34N2O8Si. The monoisotopic (exact) mass is 542 g/mol. The minimum atomic E-state index is -2.58. The van der Waals surface area contributed by atoms with Crippen molar-refractivity contribution in [2.75, 3.05) is 18.6 Å². The Balaban J connectivity index is 1.80. The van der Waals surface area contributed by atoms with E-state index in [1.165, 1.54) is 24.1 Å². The Morgan fingerprint density at radius 2 is 1.76 bits per heavy atom. The molecular weight excluding hydrogens is 508 g/mol. The molecule has 2 amide bonds. The maximum Gasteiger partial charge on any atom is 0.414 e. The van der Waals surface area contributed by atoms with E-state index in [0.717, 1.165) is 4.90 Å². The molecule has 10 nitrogen and oxygen atoms in total. The number of fused-ring (bicyclic) bond motifs is 2. The highest BCUT2D eigenvalue weighted by Gasteiger charge is 2.52. The van der Waals surface area contributed by atoms with Gasteiger partial charge in [-0.15, -0.1) is 0 Å². The summed E-state index contributed by atoms with van der Waals surface area (Å²) < 4.78 is 17.7. The van der Waals surface area contributed by atoms with Crippen LogP contribution in [0.1, 0.15) is 47.9 Å². The summed E-state index contributed by atoms with van der Waals surface area (Å²) in [6.07, 6.45) is -2.91. The lowest BCUT2D eigenvalue weighted by atomic mass is 10.1. The number of carboxylic acid groups (broad SMARTS) is 1.